The van der Waals surface area contributed by atoms with Crippen molar-refractivity contribution in [2.45, 2.75) is 19.3 Å². The van der Waals surface area contributed by atoms with Gasteiger partial charge in [0.25, 0.3) is 0 Å². The molecule has 2 aliphatic rings. The van der Waals surface area contributed by atoms with Gasteiger partial charge in [-0.15, -0.1) is 0 Å². The number of anilines is 1. The molecule has 2 fully saturated rings. The van der Waals surface area contributed by atoms with Gasteiger partial charge >= 0.3 is 0 Å². The number of hydrogen-bond acceptors (Lipinski definition) is 2. The molecule has 1 heterocycles. The van der Waals surface area contributed by atoms with E-state index in [0.29, 0.717) is 18.8 Å². The van der Waals surface area contributed by atoms with Gasteiger partial charge < -0.3 is 10.2 Å². The molecular weight excluding hydrogens is 350 g/mol. The predicted molar refractivity (Wildman–Crippen MR) is 96.9 cm³/mol. The van der Waals surface area contributed by atoms with Crippen molar-refractivity contribution in [1.82, 2.24) is 4.90 Å². The van der Waals surface area contributed by atoms with Crippen LogP contribution in [0.1, 0.15) is 18.4 Å². The van der Waals surface area contributed by atoms with Crippen LogP contribution in [-0.2, 0) is 16.0 Å². The molecule has 1 saturated carbocycles. The standard InChI is InChI=1S/C21H20F2N2O2/c22-15-6-4-14(5-7-15)10-19(26)25-9-8-21(13-25)12-18(21)20(27)24-17-3-1-2-16(23)11-17/h1-7,11,18H,8-10,12-13H2,(H,24,27)/t18-,21+/m0/s1. The van der Waals surface area contributed by atoms with Crippen LogP contribution in [0.4, 0.5) is 14.5 Å². The monoisotopic (exact) mass is 370 g/mol. The van der Waals surface area contributed by atoms with Crippen molar-refractivity contribution < 1.29 is 18.4 Å². The molecule has 6 heteroatoms. The summed E-state index contributed by atoms with van der Waals surface area (Å²) in [6.45, 7) is 1.19. The molecule has 2 atom stereocenters. The van der Waals surface area contributed by atoms with Crippen molar-refractivity contribution in [2.24, 2.45) is 11.3 Å². The molecule has 4 rings (SSSR count). The normalized spacial score (nSPS) is 23.5. The number of carbonyl (C=O) groups excluding carboxylic acids is 2. The van der Waals surface area contributed by atoms with E-state index >= 15 is 0 Å². The average molecular weight is 370 g/mol. The minimum absolute atomic E-state index is 0.00493. The van der Waals surface area contributed by atoms with Crippen LogP contribution in [0.5, 0.6) is 0 Å². The Balaban J connectivity index is 1.33. The Kier molecular flexibility index (Phi) is 4.42. The predicted octanol–water partition coefficient (Wildman–Crippen LogP) is 3.38. The number of nitrogens with one attached hydrogen (secondary N) is 1. The summed E-state index contributed by atoms with van der Waals surface area (Å²) >= 11 is 0. The van der Waals surface area contributed by atoms with Crippen LogP contribution in [0.25, 0.3) is 0 Å². The maximum atomic E-state index is 13.3. The summed E-state index contributed by atoms with van der Waals surface area (Å²) in [5.41, 5.74) is 1.07. The Morgan fingerprint density at radius 1 is 1.11 bits per heavy atom. The van der Waals surface area contributed by atoms with Gasteiger partial charge in [0.15, 0.2) is 0 Å². The molecule has 0 aromatic heterocycles. The van der Waals surface area contributed by atoms with Crippen molar-refractivity contribution >= 4 is 17.5 Å². The Bertz CT molecular complexity index is 884. The minimum atomic E-state index is -0.392. The van der Waals surface area contributed by atoms with Crippen LogP contribution < -0.4 is 5.32 Å². The Labute approximate surface area is 156 Å². The Morgan fingerprint density at radius 2 is 1.89 bits per heavy atom. The van der Waals surface area contributed by atoms with Gasteiger partial charge in [-0.05, 0) is 48.7 Å². The second kappa shape index (κ2) is 6.76. The van der Waals surface area contributed by atoms with E-state index in [1.165, 1.54) is 24.3 Å². The average Bonchev–Trinajstić information content (AvgIpc) is 3.17. The number of hydrogen-bond donors (Lipinski definition) is 1. The first-order valence-corrected chi connectivity index (χ1v) is 9.04. The van der Waals surface area contributed by atoms with E-state index < -0.39 is 5.82 Å². The first-order chi connectivity index (χ1) is 12.9. The first kappa shape index (κ1) is 17.6. The van der Waals surface area contributed by atoms with Gasteiger partial charge in [0, 0.05) is 30.1 Å². The highest BCUT2D eigenvalue weighted by Gasteiger charge is 2.61. The van der Waals surface area contributed by atoms with Crippen LogP contribution in [0.2, 0.25) is 0 Å². The fourth-order valence-electron chi connectivity index (χ4n) is 3.96. The summed E-state index contributed by atoms with van der Waals surface area (Å²) in [6, 6.07) is 11.8. The van der Waals surface area contributed by atoms with E-state index in [4.69, 9.17) is 0 Å². The molecule has 2 aromatic carbocycles. The lowest BCUT2D eigenvalue weighted by atomic mass is 10.0. The smallest absolute Gasteiger partial charge is 0.228 e. The Hall–Kier alpha value is -2.76. The number of likely N-dealkylation sites (tertiary alicyclic amines) is 1. The molecule has 2 aromatic rings. The highest BCUT2D eigenvalue weighted by Crippen LogP contribution is 2.58. The van der Waals surface area contributed by atoms with Gasteiger partial charge in [-0.3, -0.25) is 9.59 Å². The van der Waals surface area contributed by atoms with E-state index in [1.54, 1.807) is 29.2 Å². The number of carbonyl (C=O) groups is 2. The van der Waals surface area contributed by atoms with Gasteiger partial charge in [-0.25, -0.2) is 8.78 Å². The zero-order valence-electron chi connectivity index (χ0n) is 14.8. The molecule has 27 heavy (non-hydrogen) atoms. The van der Waals surface area contributed by atoms with E-state index in [1.807, 2.05) is 0 Å². The van der Waals surface area contributed by atoms with E-state index in [2.05, 4.69) is 5.32 Å². The van der Waals surface area contributed by atoms with Crippen LogP contribution in [0, 0.1) is 23.0 Å². The molecule has 0 bridgehead atoms. The van der Waals surface area contributed by atoms with Gasteiger partial charge in [0.2, 0.25) is 11.8 Å². The maximum absolute atomic E-state index is 13.3. The quantitative estimate of drug-likeness (QED) is 0.897. The molecule has 0 radical (unpaired) electrons. The number of rotatable bonds is 4. The third kappa shape index (κ3) is 3.70. The fourth-order valence-corrected chi connectivity index (χ4v) is 3.96. The molecule has 1 aliphatic heterocycles. The van der Waals surface area contributed by atoms with Crippen molar-refractivity contribution in [3.63, 3.8) is 0 Å². The molecule has 0 unspecified atom stereocenters. The van der Waals surface area contributed by atoms with Gasteiger partial charge in [-0.1, -0.05) is 18.2 Å². The lowest BCUT2D eigenvalue weighted by Gasteiger charge is -2.17. The summed E-state index contributed by atoms with van der Waals surface area (Å²) in [5, 5.41) is 2.77. The molecule has 1 spiro atoms. The van der Waals surface area contributed by atoms with Crippen molar-refractivity contribution in [3.8, 4) is 0 Å². The van der Waals surface area contributed by atoms with Crippen molar-refractivity contribution in [2.75, 3.05) is 18.4 Å². The molecule has 1 aliphatic carbocycles. The first-order valence-electron chi connectivity index (χ1n) is 9.04. The molecule has 1 saturated heterocycles. The van der Waals surface area contributed by atoms with Crippen LogP contribution in [0.3, 0.4) is 0 Å². The summed E-state index contributed by atoms with van der Waals surface area (Å²) in [5.74, 6) is -0.985. The second-order valence-electron chi connectivity index (χ2n) is 7.49. The molecule has 140 valence electrons. The highest BCUT2D eigenvalue weighted by molar-refractivity contribution is 5.95. The van der Waals surface area contributed by atoms with E-state index in [9.17, 15) is 18.4 Å². The maximum Gasteiger partial charge on any atom is 0.228 e. The summed E-state index contributed by atoms with van der Waals surface area (Å²) in [4.78, 5) is 26.8. The van der Waals surface area contributed by atoms with Crippen LogP contribution in [-0.4, -0.2) is 29.8 Å². The van der Waals surface area contributed by atoms with Crippen LogP contribution >= 0.6 is 0 Å². The second-order valence-corrected chi connectivity index (χ2v) is 7.49. The topological polar surface area (TPSA) is 49.4 Å². The summed E-state index contributed by atoms with van der Waals surface area (Å²) in [6.07, 6.45) is 1.77. The third-order valence-electron chi connectivity index (χ3n) is 5.61. The van der Waals surface area contributed by atoms with Crippen molar-refractivity contribution in [3.05, 3.63) is 65.7 Å². The van der Waals surface area contributed by atoms with E-state index in [-0.39, 0.29) is 35.4 Å². The summed E-state index contributed by atoms with van der Waals surface area (Å²) in [7, 11) is 0. The fraction of sp³-hybridized carbons (Fsp3) is 0.333. The third-order valence-corrected chi connectivity index (χ3v) is 5.61. The zero-order chi connectivity index (χ0) is 19.0. The summed E-state index contributed by atoms with van der Waals surface area (Å²) < 4.78 is 26.2. The van der Waals surface area contributed by atoms with Gasteiger partial charge in [0.05, 0.1) is 6.42 Å². The largest absolute Gasteiger partial charge is 0.342 e. The molecular formula is C21H20F2N2O2. The Morgan fingerprint density at radius 3 is 2.63 bits per heavy atom. The number of amides is 2. The SMILES string of the molecule is O=C(Nc1cccc(F)c1)[C@@H]1C[C@@]12CCN(C(=O)Cc1ccc(F)cc1)C2. The van der Waals surface area contributed by atoms with Crippen LogP contribution in [0.15, 0.2) is 48.5 Å². The lowest BCUT2D eigenvalue weighted by Crippen LogP contribution is -2.31. The molecule has 1 N–H and O–H groups in total. The number of halogens is 2. The number of nitrogens with zero attached hydrogens (tertiary/aromatic N) is 1. The highest BCUT2D eigenvalue weighted by atomic mass is 19.1. The van der Waals surface area contributed by atoms with Gasteiger partial charge in [0.1, 0.15) is 11.6 Å². The van der Waals surface area contributed by atoms with Crippen molar-refractivity contribution in [1.29, 1.82) is 0 Å². The molecule has 4 nitrogen and oxygen atoms in total. The molecule has 2 amide bonds. The minimum Gasteiger partial charge on any atom is -0.342 e. The lowest BCUT2D eigenvalue weighted by molar-refractivity contribution is -0.129. The zero-order valence-corrected chi connectivity index (χ0v) is 14.8. The van der Waals surface area contributed by atoms with E-state index in [0.717, 1.165) is 18.4 Å². The number of benzene rings is 2. The van der Waals surface area contributed by atoms with Gasteiger partial charge in [-0.2, -0.15) is 0 Å².